The first-order valence-electron chi connectivity index (χ1n) is 6.14. The predicted molar refractivity (Wildman–Crippen MR) is 72.1 cm³/mol. The Balaban J connectivity index is 2.55. The van der Waals surface area contributed by atoms with Crippen molar-refractivity contribution in [3.63, 3.8) is 0 Å². The van der Waals surface area contributed by atoms with Crippen LogP contribution in [-0.4, -0.2) is 36.9 Å². The smallest absolute Gasteiger partial charge is 0.150 e. The van der Waals surface area contributed by atoms with Crippen LogP contribution in [-0.2, 0) is 9.84 Å². The van der Waals surface area contributed by atoms with Gasteiger partial charge in [-0.2, -0.15) is 0 Å². The Kier molecular flexibility index (Phi) is 5.68. The Morgan fingerprint density at radius 2 is 2.06 bits per heavy atom. The third-order valence-electron chi connectivity index (χ3n) is 2.89. The van der Waals surface area contributed by atoms with Crippen molar-refractivity contribution in [3.05, 3.63) is 23.8 Å². The quantitative estimate of drug-likeness (QED) is 0.808. The van der Waals surface area contributed by atoms with Crippen molar-refractivity contribution >= 4 is 9.84 Å². The summed E-state index contributed by atoms with van der Waals surface area (Å²) >= 11 is 0. The topological polar surface area (TPSA) is 72.0 Å². The summed E-state index contributed by atoms with van der Waals surface area (Å²) in [7, 11) is -1.03. The molecule has 0 saturated heterocycles. The highest BCUT2D eigenvalue weighted by molar-refractivity contribution is 7.91. The van der Waals surface area contributed by atoms with Crippen molar-refractivity contribution in [3.8, 4) is 0 Å². The zero-order valence-electron chi connectivity index (χ0n) is 11.2. The summed E-state index contributed by atoms with van der Waals surface area (Å²) in [5, 5.41) is 3.14. The molecule has 0 aliphatic carbocycles. The van der Waals surface area contributed by atoms with Crippen molar-refractivity contribution in [2.45, 2.75) is 32.7 Å². The van der Waals surface area contributed by atoms with Crippen LogP contribution in [0.15, 0.2) is 12.4 Å². The molecule has 6 heteroatoms. The molecule has 0 bridgehead atoms. The number of hydrogen-bond acceptors (Lipinski definition) is 5. The number of aromatic nitrogens is 2. The minimum atomic E-state index is -2.88. The number of hydrogen-bond donors (Lipinski definition) is 1. The van der Waals surface area contributed by atoms with E-state index in [1.807, 2.05) is 14.0 Å². The van der Waals surface area contributed by atoms with Gasteiger partial charge in [-0.3, -0.25) is 9.97 Å². The van der Waals surface area contributed by atoms with E-state index < -0.39 is 9.84 Å². The first kappa shape index (κ1) is 15.0. The Morgan fingerprint density at radius 3 is 2.56 bits per heavy atom. The lowest BCUT2D eigenvalue weighted by Crippen LogP contribution is -2.19. The van der Waals surface area contributed by atoms with Gasteiger partial charge in [0.15, 0.2) is 0 Å². The molecule has 0 amide bonds. The van der Waals surface area contributed by atoms with Crippen molar-refractivity contribution in [2.24, 2.45) is 0 Å². The standard InChI is InChI=1S/C12H21N3O2S/c1-4-18(16,17)7-5-6-11(13-3)12-9-14-10(2)8-15-12/h8-9,11,13H,4-7H2,1-3H3. The van der Waals surface area contributed by atoms with Gasteiger partial charge in [0.25, 0.3) is 0 Å². The molecular weight excluding hydrogens is 250 g/mol. The van der Waals surface area contributed by atoms with Gasteiger partial charge in [0, 0.05) is 11.9 Å². The van der Waals surface area contributed by atoms with Crippen molar-refractivity contribution < 1.29 is 8.42 Å². The van der Waals surface area contributed by atoms with E-state index in [1.54, 1.807) is 19.3 Å². The zero-order valence-corrected chi connectivity index (χ0v) is 12.0. The van der Waals surface area contributed by atoms with E-state index >= 15 is 0 Å². The fourth-order valence-electron chi connectivity index (χ4n) is 1.67. The maximum absolute atomic E-state index is 11.4. The third-order valence-corrected chi connectivity index (χ3v) is 4.68. The molecule has 102 valence electrons. The second-order valence-corrected chi connectivity index (χ2v) is 6.78. The van der Waals surface area contributed by atoms with Crippen LogP contribution in [0.4, 0.5) is 0 Å². The summed E-state index contributed by atoms with van der Waals surface area (Å²) in [6.45, 7) is 3.56. The maximum Gasteiger partial charge on any atom is 0.150 e. The van der Waals surface area contributed by atoms with Crippen molar-refractivity contribution in [1.29, 1.82) is 0 Å². The first-order valence-corrected chi connectivity index (χ1v) is 7.97. The summed E-state index contributed by atoms with van der Waals surface area (Å²) < 4.78 is 22.8. The molecule has 1 aromatic heterocycles. The Hall–Kier alpha value is -1.01. The molecule has 1 rings (SSSR count). The van der Waals surface area contributed by atoms with Gasteiger partial charge in [0.1, 0.15) is 9.84 Å². The van der Waals surface area contributed by atoms with E-state index in [0.29, 0.717) is 6.42 Å². The van der Waals surface area contributed by atoms with Crippen LogP contribution in [0.5, 0.6) is 0 Å². The minimum absolute atomic E-state index is 0.0603. The molecule has 0 aromatic carbocycles. The van der Waals surface area contributed by atoms with Crippen LogP contribution in [0.3, 0.4) is 0 Å². The summed E-state index contributed by atoms with van der Waals surface area (Å²) in [6, 6.07) is 0.0603. The molecule has 1 aromatic rings. The Morgan fingerprint density at radius 1 is 1.33 bits per heavy atom. The Labute approximate surface area is 109 Å². The van der Waals surface area contributed by atoms with Crippen molar-refractivity contribution in [1.82, 2.24) is 15.3 Å². The number of nitrogens with zero attached hydrogens (tertiary/aromatic N) is 2. The highest BCUT2D eigenvalue weighted by Crippen LogP contribution is 2.15. The fraction of sp³-hybridized carbons (Fsp3) is 0.667. The Bertz CT molecular complexity index is 457. The molecular formula is C12H21N3O2S. The van der Waals surface area contributed by atoms with Crippen LogP contribution < -0.4 is 5.32 Å². The normalized spacial score (nSPS) is 13.5. The molecule has 0 aliphatic heterocycles. The first-order chi connectivity index (χ1) is 8.48. The van der Waals surface area contributed by atoms with Gasteiger partial charge in [0.05, 0.1) is 29.4 Å². The predicted octanol–water partition coefficient (Wildman–Crippen LogP) is 1.26. The van der Waals surface area contributed by atoms with Crippen LogP contribution >= 0.6 is 0 Å². The molecule has 5 nitrogen and oxygen atoms in total. The number of sulfone groups is 1. The van der Waals surface area contributed by atoms with Gasteiger partial charge in [0.2, 0.25) is 0 Å². The van der Waals surface area contributed by atoms with Gasteiger partial charge >= 0.3 is 0 Å². The third kappa shape index (κ3) is 4.70. The fourth-order valence-corrected chi connectivity index (χ4v) is 2.57. The van der Waals surface area contributed by atoms with Crippen LogP contribution in [0, 0.1) is 6.92 Å². The molecule has 1 atom stereocenters. The lowest BCUT2D eigenvalue weighted by molar-refractivity contribution is 0.522. The van der Waals surface area contributed by atoms with Crippen molar-refractivity contribution in [2.75, 3.05) is 18.6 Å². The van der Waals surface area contributed by atoms with Crippen LogP contribution in [0.1, 0.15) is 37.2 Å². The largest absolute Gasteiger partial charge is 0.312 e. The molecule has 1 unspecified atom stereocenters. The molecule has 1 heterocycles. The lowest BCUT2D eigenvalue weighted by atomic mass is 10.1. The van der Waals surface area contributed by atoms with Gasteiger partial charge in [-0.1, -0.05) is 6.92 Å². The summed E-state index contributed by atoms with van der Waals surface area (Å²) in [4.78, 5) is 8.51. The van der Waals surface area contributed by atoms with E-state index in [2.05, 4.69) is 15.3 Å². The molecule has 18 heavy (non-hydrogen) atoms. The average molecular weight is 271 g/mol. The van der Waals surface area contributed by atoms with E-state index in [-0.39, 0.29) is 17.5 Å². The minimum Gasteiger partial charge on any atom is -0.312 e. The molecule has 0 spiro atoms. The van der Waals surface area contributed by atoms with E-state index in [9.17, 15) is 8.42 Å². The van der Waals surface area contributed by atoms with Gasteiger partial charge < -0.3 is 5.32 Å². The summed E-state index contributed by atoms with van der Waals surface area (Å²) in [5.41, 5.74) is 1.74. The van der Waals surface area contributed by atoms with E-state index in [1.165, 1.54) is 0 Å². The number of aryl methyl sites for hydroxylation is 1. The molecule has 0 fully saturated rings. The van der Waals surface area contributed by atoms with E-state index in [0.717, 1.165) is 17.8 Å². The highest BCUT2D eigenvalue weighted by Gasteiger charge is 2.13. The molecule has 0 aliphatic rings. The molecule has 1 N–H and O–H groups in total. The second-order valence-electron chi connectivity index (χ2n) is 4.30. The van der Waals surface area contributed by atoms with Crippen LogP contribution in [0.2, 0.25) is 0 Å². The second kappa shape index (κ2) is 6.80. The van der Waals surface area contributed by atoms with Gasteiger partial charge in [-0.25, -0.2) is 8.42 Å². The van der Waals surface area contributed by atoms with E-state index in [4.69, 9.17) is 0 Å². The number of rotatable bonds is 7. The highest BCUT2D eigenvalue weighted by atomic mass is 32.2. The van der Waals surface area contributed by atoms with Gasteiger partial charge in [-0.05, 0) is 26.8 Å². The monoisotopic (exact) mass is 271 g/mol. The average Bonchev–Trinajstić information content (AvgIpc) is 2.36. The van der Waals surface area contributed by atoms with Gasteiger partial charge in [-0.15, -0.1) is 0 Å². The lowest BCUT2D eigenvalue weighted by Gasteiger charge is -2.15. The SMILES string of the molecule is CCS(=O)(=O)CCCC(NC)c1cnc(C)cn1. The molecule has 0 radical (unpaired) electrons. The molecule has 0 saturated carbocycles. The summed E-state index contributed by atoms with van der Waals surface area (Å²) in [5.74, 6) is 0.447. The summed E-state index contributed by atoms with van der Waals surface area (Å²) in [6.07, 6.45) is 4.85. The van der Waals surface area contributed by atoms with Crippen LogP contribution in [0.25, 0.3) is 0 Å². The maximum atomic E-state index is 11.4. The zero-order chi connectivity index (χ0) is 13.6. The number of nitrogens with one attached hydrogen (secondary N) is 1.